The number of carbonyl (C=O) groups is 1. The van der Waals surface area contributed by atoms with Crippen LogP contribution in [0.1, 0.15) is 51.6 Å². The van der Waals surface area contributed by atoms with Crippen LogP contribution in [-0.4, -0.2) is 49.6 Å². The normalized spacial score (nSPS) is 14.7. The molecule has 1 aromatic carbocycles. The van der Waals surface area contributed by atoms with Gasteiger partial charge < -0.3 is 19.2 Å². The van der Waals surface area contributed by atoms with Crippen molar-refractivity contribution in [2.45, 2.75) is 38.6 Å². The zero-order chi connectivity index (χ0) is 23.9. The topological polar surface area (TPSA) is 76.8 Å². The van der Waals surface area contributed by atoms with Crippen LogP contribution in [0, 0.1) is 6.92 Å². The standard InChI is InChI=1S/C27H33N3O4/c1-19-4-6-23(27(31)28-12-8-20-5-7-24(32-2)25(16-20)33-3)26(29-19)22-9-13-30(14-10-22)17-21-11-15-34-18-21/h4-7,11,15-16,18,22H,8-10,12-14,17H2,1-3H3,(H,28,31). The Balaban J connectivity index is 1.36. The molecule has 4 rings (SSSR count). The van der Waals surface area contributed by atoms with Crippen LogP contribution in [0.25, 0.3) is 0 Å². The number of hydrogen-bond acceptors (Lipinski definition) is 6. The highest BCUT2D eigenvalue weighted by Crippen LogP contribution is 2.30. The third-order valence-electron chi connectivity index (χ3n) is 6.42. The molecular weight excluding hydrogens is 430 g/mol. The van der Waals surface area contributed by atoms with Crippen LogP contribution in [0.4, 0.5) is 0 Å². The zero-order valence-electron chi connectivity index (χ0n) is 20.2. The third kappa shape index (κ3) is 5.78. The Morgan fingerprint density at radius 2 is 1.88 bits per heavy atom. The van der Waals surface area contributed by atoms with Gasteiger partial charge in [0.05, 0.1) is 38.0 Å². The number of ether oxygens (including phenoxy) is 2. The molecule has 7 nitrogen and oxygen atoms in total. The van der Waals surface area contributed by atoms with Gasteiger partial charge in [0.2, 0.25) is 0 Å². The van der Waals surface area contributed by atoms with Gasteiger partial charge >= 0.3 is 0 Å². The molecule has 1 aliphatic rings. The Hall–Kier alpha value is -3.32. The predicted molar refractivity (Wildman–Crippen MR) is 131 cm³/mol. The van der Waals surface area contributed by atoms with Crippen molar-refractivity contribution in [3.63, 3.8) is 0 Å². The van der Waals surface area contributed by atoms with Crippen LogP contribution in [0.2, 0.25) is 0 Å². The van der Waals surface area contributed by atoms with Gasteiger partial charge in [0.25, 0.3) is 5.91 Å². The Labute approximate surface area is 201 Å². The molecule has 0 bridgehead atoms. The summed E-state index contributed by atoms with van der Waals surface area (Å²) >= 11 is 0. The Morgan fingerprint density at radius 1 is 1.09 bits per heavy atom. The second-order valence-electron chi connectivity index (χ2n) is 8.76. The number of amides is 1. The number of carbonyl (C=O) groups excluding carboxylic acids is 1. The smallest absolute Gasteiger partial charge is 0.253 e. The first-order valence-corrected chi connectivity index (χ1v) is 11.8. The fourth-order valence-corrected chi connectivity index (χ4v) is 4.54. The number of likely N-dealkylation sites (tertiary alicyclic amines) is 1. The van der Waals surface area contributed by atoms with Crippen LogP contribution >= 0.6 is 0 Å². The Bertz CT molecular complexity index is 1090. The first kappa shape index (κ1) is 23.8. The largest absolute Gasteiger partial charge is 0.493 e. The van der Waals surface area contributed by atoms with E-state index in [4.69, 9.17) is 18.9 Å². The van der Waals surface area contributed by atoms with E-state index in [1.807, 2.05) is 43.3 Å². The fraction of sp³-hybridized carbons (Fsp3) is 0.407. The molecule has 180 valence electrons. The van der Waals surface area contributed by atoms with Crippen LogP contribution in [-0.2, 0) is 13.0 Å². The molecule has 2 aromatic heterocycles. The number of furan rings is 1. The molecule has 34 heavy (non-hydrogen) atoms. The number of nitrogens with one attached hydrogen (secondary N) is 1. The number of aromatic nitrogens is 1. The van der Waals surface area contributed by atoms with Crippen molar-refractivity contribution < 1.29 is 18.7 Å². The van der Waals surface area contributed by atoms with Gasteiger partial charge in [0.1, 0.15) is 0 Å². The first-order valence-electron chi connectivity index (χ1n) is 11.8. The van der Waals surface area contributed by atoms with Crippen molar-refractivity contribution in [3.8, 4) is 11.5 Å². The molecule has 0 atom stereocenters. The van der Waals surface area contributed by atoms with E-state index < -0.39 is 0 Å². The van der Waals surface area contributed by atoms with E-state index in [1.54, 1.807) is 26.7 Å². The van der Waals surface area contributed by atoms with Crippen LogP contribution in [0.5, 0.6) is 11.5 Å². The quantitative estimate of drug-likeness (QED) is 0.508. The highest BCUT2D eigenvalue weighted by Gasteiger charge is 2.26. The van der Waals surface area contributed by atoms with Crippen LogP contribution < -0.4 is 14.8 Å². The zero-order valence-corrected chi connectivity index (χ0v) is 20.2. The molecule has 0 saturated carbocycles. The SMILES string of the molecule is COc1ccc(CCNC(=O)c2ccc(C)nc2C2CCN(Cc3ccoc3)CC2)cc1OC. The number of nitrogens with zero attached hydrogens (tertiary/aromatic N) is 2. The maximum atomic E-state index is 13.1. The number of rotatable bonds is 9. The summed E-state index contributed by atoms with van der Waals surface area (Å²) < 4.78 is 15.9. The van der Waals surface area contributed by atoms with Gasteiger partial charge in [-0.25, -0.2) is 0 Å². The summed E-state index contributed by atoms with van der Waals surface area (Å²) in [5.41, 5.74) is 4.82. The van der Waals surface area contributed by atoms with Gasteiger partial charge in [-0.1, -0.05) is 6.07 Å². The Morgan fingerprint density at radius 3 is 2.59 bits per heavy atom. The third-order valence-corrected chi connectivity index (χ3v) is 6.42. The van der Waals surface area contributed by atoms with E-state index in [9.17, 15) is 4.79 Å². The monoisotopic (exact) mass is 463 g/mol. The lowest BCUT2D eigenvalue weighted by Crippen LogP contribution is -2.34. The maximum absolute atomic E-state index is 13.1. The van der Waals surface area contributed by atoms with Crippen molar-refractivity contribution in [1.82, 2.24) is 15.2 Å². The van der Waals surface area contributed by atoms with Gasteiger partial charge in [0.15, 0.2) is 11.5 Å². The van der Waals surface area contributed by atoms with Crippen LogP contribution in [0.15, 0.2) is 53.3 Å². The summed E-state index contributed by atoms with van der Waals surface area (Å²) in [6, 6.07) is 11.7. The molecule has 1 fully saturated rings. The van der Waals surface area contributed by atoms with Crippen molar-refractivity contribution in [1.29, 1.82) is 0 Å². The molecule has 1 saturated heterocycles. The van der Waals surface area contributed by atoms with E-state index >= 15 is 0 Å². The minimum Gasteiger partial charge on any atom is -0.493 e. The second kappa shape index (κ2) is 11.2. The fourth-order valence-electron chi connectivity index (χ4n) is 4.54. The average molecular weight is 464 g/mol. The molecule has 1 N–H and O–H groups in total. The molecule has 0 radical (unpaired) electrons. The van der Waals surface area contributed by atoms with E-state index in [2.05, 4.69) is 10.2 Å². The lowest BCUT2D eigenvalue weighted by atomic mass is 9.89. The van der Waals surface area contributed by atoms with Crippen molar-refractivity contribution in [2.24, 2.45) is 0 Å². The summed E-state index contributed by atoms with van der Waals surface area (Å²) in [7, 11) is 3.24. The molecule has 7 heteroatoms. The molecular formula is C27H33N3O4. The van der Waals surface area contributed by atoms with Crippen molar-refractivity contribution >= 4 is 5.91 Å². The van der Waals surface area contributed by atoms with Gasteiger partial charge in [-0.2, -0.15) is 0 Å². The number of aryl methyl sites for hydroxylation is 1. The number of piperidine rings is 1. The summed E-state index contributed by atoms with van der Waals surface area (Å²) in [5, 5.41) is 3.08. The summed E-state index contributed by atoms with van der Waals surface area (Å²) in [5.74, 6) is 1.60. The van der Waals surface area contributed by atoms with Gasteiger partial charge in [0, 0.05) is 30.3 Å². The highest BCUT2D eigenvalue weighted by molar-refractivity contribution is 5.95. The number of methoxy groups -OCH3 is 2. The number of hydrogen-bond donors (Lipinski definition) is 1. The predicted octanol–water partition coefficient (Wildman–Crippen LogP) is 4.35. The molecule has 0 spiro atoms. The van der Waals surface area contributed by atoms with Gasteiger partial charge in [-0.3, -0.25) is 14.7 Å². The minimum atomic E-state index is -0.0659. The number of benzene rings is 1. The molecule has 3 heterocycles. The molecule has 0 unspecified atom stereocenters. The molecule has 3 aromatic rings. The van der Waals surface area contributed by atoms with Gasteiger partial charge in [-0.15, -0.1) is 0 Å². The number of pyridine rings is 1. The first-order chi connectivity index (χ1) is 16.6. The van der Waals surface area contributed by atoms with Gasteiger partial charge in [-0.05, 0) is 75.2 Å². The summed E-state index contributed by atoms with van der Waals surface area (Å²) in [4.78, 5) is 20.3. The lowest BCUT2D eigenvalue weighted by molar-refractivity contribution is 0.0951. The highest BCUT2D eigenvalue weighted by atomic mass is 16.5. The van der Waals surface area contributed by atoms with E-state index in [0.717, 1.165) is 49.4 Å². The summed E-state index contributed by atoms with van der Waals surface area (Å²) in [6.07, 6.45) is 6.20. The Kier molecular flexibility index (Phi) is 7.85. The second-order valence-corrected chi connectivity index (χ2v) is 8.76. The lowest BCUT2D eigenvalue weighted by Gasteiger charge is -2.32. The van der Waals surface area contributed by atoms with Crippen molar-refractivity contribution in [3.05, 3.63) is 77.0 Å². The molecule has 0 aliphatic carbocycles. The minimum absolute atomic E-state index is 0.0659. The molecule has 1 amide bonds. The van der Waals surface area contributed by atoms with E-state index in [0.29, 0.717) is 30.0 Å². The molecule has 1 aliphatic heterocycles. The summed E-state index contributed by atoms with van der Waals surface area (Å²) in [6.45, 7) is 5.37. The average Bonchev–Trinajstić information content (AvgIpc) is 3.37. The van der Waals surface area contributed by atoms with Crippen molar-refractivity contribution in [2.75, 3.05) is 33.9 Å². The van der Waals surface area contributed by atoms with E-state index in [-0.39, 0.29) is 11.8 Å². The maximum Gasteiger partial charge on any atom is 0.253 e. The van der Waals surface area contributed by atoms with E-state index in [1.165, 1.54) is 5.56 Å². The van der Waals surface area contributed by atoms with Crippen LogP contribution in [0.3, 0.4) is 0 Å².